The van der Waals surface area contributed by atoms with Crippen LogP contribution in [0, 0.1) is 11.3 Å². The van der Waals surface area contributed by atoms with Crippen molar-refractivity contribution < 1.29 is 9.59 Å². The van der Waals surface area contributed by atoms with E-state index < -0.39 is 5.41 Å². The first-order valence-corrected chi connectivity index (χ1v) is 7.30. The molecule has 4 heteroatoms. The molecule has 3 rings (SSSR count). The number of hydrogen-bond acceptors (Lipinski definition) is 2. The molecule has 0 radical (unpaired) electrons. The molecule has 1 heterocycles. The Balaban J connectivity index is 1.91. The highest BCUT2D eigenvalue weighted by Crippen LogP contribution is 2.42. The van der Waals surface area contributed by atoms with E-state index >= 15 is 0 Å². The first-order chi connectivity index (χ1) is 9.62. The average Bonchev–Trinajstić information content (AvgIpc) is 2.47. The third-order valence-corrected chi connectivity index (χ3v) is 4.68. The summed E-state index contributed by atoms with van der Waals surface area (Å²) >= 11 is 0. The van der Waals surface area contributed by atoms with E-state index in [9.17, 15) is 9.59 Å². The van der Waals surface area contributed by atoms with Gasteiger partial charge in [0.2, 0.25) is 5.91 Å². The smallest absolute Gasteiger partial charge is 0.328 e. The second-order valence-electron chi connectivity index (χ2n) is 6.10. The van der Waals surface area contributed by atoms with Crippen LogP contribution in [0.5, 0.6) is 0 Å². The number of carbonyl (C=O) groups is 2. The first-order valence-electron chi connectivity index (χ1n) is 7.30. The largest absolute Gasteiger partial charge is 0.336 e. The van der Waals surface area contributed by atoms with Crippen molar-refractivity contribution in [3.8, 4) is 0 Å². The minimum Gasteiger partial charge on any atom is -0.336 e. The van der Waals surface area contributed by atoms with E-state index in [-0.39, 0.29) is 11.9 Å². The van der Waals surface area contributed by atoms with Crippen LogP contribution in [0.25, 0.3) is 0 Å². The van der Waals surface area contributed by atoms with Crippen LogP contribution < -0.4 is 10.2 Å². The molecule has 4 nitrogen and oxygen atoms in total. The van der Waals surface area contributed by atoms with Crippen LogP contribution in [0.1, 0.15) is 32.6 Å². The van der Waals surface area contributed by atoms with Gasteiger partial charge in [0.25, 0.3) is 0 Å². The molecule has 1 aromatic carbocycles. The lowest BCUT2D eigenvalue weighted by Crippen LogP contribution is -2.61. The van der Waals surface area contributed by atoms with Gasteiger partial charge < -0.3 is 5.32 Å². The zero-order chi connectivity index (χ0) is 14.2. The molecule has 0 bridgehead atoms. The number of carbonyl (C=O) groups excluding carboxylic acids is 2. The summed E-state index contributed by atoms with van der Waals surface area (Å²) in [6.45, 7) is 2.72. The standard InChI is InChI=1S/C16H20N2O2/c1-12-7-9-16(10-8-12)11-17-15(20)18(14(16)19)13-5-3-2-4-6-13/h2-6,12H,7-11H2,1H3,(H,17,20). The number of nitrogens with one attached hydrogen (secondary N) is 1. The van der Waals surface area contributed by atoms with Gasteiger partial charge >= 0.3 is 6.03 Å². The van der Waals surface area contributed by atoms with Crippen molar-refractivity contribution in [1.82, 2.24) is 5.32 Å². The van der Waals surface area contributed by atoms with Crippen molar-refractivity contribution in [3.63, 3.8) is 0 Å². The van der Waals surface area contributed by atoms with Crippen LogP contribution in [0.3, 0.4) is 0 Å². The SMILES string of the molecule is CC1CCC2(CC1)CNC(=O)N(c1ccccc1)C2=O. The minimum atomic E-state index is -0.393. The Hall–Kier alpha value is -1.84. The molecular weight excluding hydrogens is 252 g/mol. The number of para-hydroxylation sites is 1. The van der Waals surface area contributed by atoms with Crippen LogP contribution in [0.4, 0.5) is 10.5 Å². The van der Waals surface area contributed by atoms with Gasteiger partial charge in [-0.1, -0.05) is 25.1 Å². The summed E-state index contributed by atoms with van der Waals surface area (Å²) in [5, 5.41) is 2.90. The van der Waals surface area contributed by atoms with E-state index in [1.165, 1.54) is 4.90 Å². The number of rotatable bonds is 1. The highest BCUT2D eigenvalue weighted by molar-refractivity contribution is 6.18. The third kappa shape index (κ3) is 2.09. The molecule has 20 heavy (non-hydrogen) atoms. The molecule has 0 aromatic heterocycles. The van der Waals surface area contributed by atoms with Crippen LogP contribution in [0.15, 0.2) is 30.3 Å². The molecule has 1 aliphatic heterocycles. The van der Waals surface area contributed by atoms with Gasteiger partial charge in [0, 0.05) is 6.54 Å². The number of urea groups is 1. The van der Waals surface area contributed by atoms with E-state index in [0.29, 0.717) is 18.2 Å². The molecule has 2 fully saturated rings. The predicted octanol–water partition coefficient (Wildman–Crippen LogP) is 2.94. The fraction of sp³-hybridized carbons (Fsp3) is 0.500. The number of benzene rings is 1. The zero-order valence-electron chi connectivity index (χ0n) is 11.8. The van der Waals surface area contributed by atoms with Crippen LogP contribution >= 0.6 is 0 Å². The summed E-state index contributed by atoms with van der Waals surface area (Å²) in [4.78, 5) is 26.3. The summed E-state index contributed by atoms with van der Waals surface area (Å²) < 4.78 is 0. The molecule has 3 amide bonds. The first kappa shape index (κ1) is 13.2. The Morgan fingerprint density at radius 3 is 2.45 bits per heavy atom. The van der Waals surface area contributed by atoms with Gasteiger partial charge in [0.1, 0.15) is 0 Å². The summed E-state index contributed by atoms with van der Waals surface area (Å²) in [7, 11) is 0. The van der Waals surface area contributed by atoms with Crippen molar-refractivity contribution >= 4 is 17.6 Å². The predicted molar refractivity (Wildman–Crippen MR) is 77.4 cm³/mol. The molecule has 106 valence electrons. The molecule has 1 saturated carbocycles. The Bertz CT molecular complexity index is 519. The van der Waals surface area contributed by atoms with Gasteiger partial charge in [0.15, 0.2) is 0 Å². The lowest BCUT2D eigenvalue weighted by atomic mass is 9.69. The van der Waals surface area contributed by atoms with Gasteiger partial charge in [0.05, 0.1) is 11.1 Å². The van der Waals surface area contributed by atoms with E-state index in [2.05, 4.69) is 12.2 Å². The van der Waals surface area contributed by atoms with Gasteiger partial charge in [-0.25, -0.2) is 9.69 Å². The molecule has 2 aliphatic rings. The van der Waals surface area contributed by atoms with Gasteiger partial charge in [-0.2, -0.15) is 0 Å². The van der Waals surface area contributed by atoms with Gasteiger partial charge in [-0.05, 0) is 43.7 Å². The van der Waals surface area contributed by atoms with Crippen LogP contribution in [-0.2, 0) is 4.79 Å². The van der Waals surface area contributed by atoms with E-state index in [1.54, 1.807) is 0 Å². The van der Waals surface area contributed by atoms with Crippen molar-refractivity contribution in [3.05, 3.63) is 30.3 Å². The molecule has 1 N–H and O–H groups in total. The average molecular weight is 272 g/mol. The molecule has 1 saturated heterocycles. The summed E-state index contributed by atoms with van der Waals surface area (Å²) in [5.41, 5.74) is 0.267. The number of nitrogens with zero attached hydrogens (tertiary/aromatic N) is 1. The molecule has 1 spiro atoms. The van der Waals surface area contributed by atoms with Crippen molar-refractivity contribution in [2.45, 2.75) is 32.6 Å². The van der Waals surface area contributed by atoms with Crippen molar-refractivity contribution in [2.24, 2.45) is 11.3 Å². The van der Waals surface area contributed by atoms with E-state index in [0.717, 1.165) is 25.7 Å². The number of imide groups is 1. The highest BCUT2D eigenvalue weighted by Gasteiger charge is 2.48. The van der Waals surface area contributed by atoms with Gasteiger partial charge in [-0.3, -0.25) is 4.79 Å². The second kappa shape index (κ2) is 4.93. The van der Waals surface area contributed by atoms with Crippen molar-refractivity contribution in [1.29, 1.82) is 0 Å². The Morgan fingerprint density at radius 1 is 1.15 bits per heavy atom. The Morgan fingerprint density at radius 2 is 1.80 bits per heavy atom. The molecule has 0 atom stereocenters. The topological polar surface area (TPSA) is 49.4 Å². The third-order valence-electron chi connectivity index (χ3n) is 4.68. The fourth-order valence-electron chi connectivity index (χ4n) is 3.25. The molecule has 1 aromatic rings. The Kier molecular flexibility index (Phi) is 3.24. The maximum Gasteiger partial charge on any atom is 0.328 e. The van der Waals surface area contributed by atoms with E-state index in [4.69, 9.17) is 0 Å². The summed E-state index contributed by atoms with van der Waals surface area (Å²) in [6, 6.07) is 8.89. The maximum atomic E-state index is 12.9. The highest BCUT2D eigenvalue weighted by atomic mass is 16.2. The number of amides is 3. The van der Waals surface area contributed by atoms with Crippen LogP contribution in [0.2, 0.25) is 0 Å². The van der Waals surface area contributed by atoms with Gasteiger partial charge in [-0.15, -0.1) is 0 Å². The monoisotopic (exact) mass is 272 g/mol. The van der Waals surface area contributed by atoms with Crippen molar-refractivity contribution in [2.75, 3.05) is 11.4 Å². The lowest BCUT2D eigenvalue weighted by molar-refractivity contribution is -0.130. The Labute approximate surface area is 119 Å². The molecular formula is C16H20N2O2. The van der Waals surface area contributed by atoms with E-state index in [1.807, 2.05) is 30.3 Å². The normalized spacial score (nSPS) is 30.4. The summed E-state index contributed by atoms with van der Waals surface area (Å²) in [6.07, 6.45) is 3.86. The lowest BCUT2D eigenvalue weighted by Gasteiger charge is -2.44. The fourth-order valence-corrected chi connectivity index (χ4v) is 3.25. The minimum absolute atomic E-state index is 0.0284. The molecule has 1 aliphatic carbocycles. The van der Waals surface area contributed by atoms with Crippen LogP contribution in [-0.4, -0.2) is 18.5 Å². The maximum absolute atomic E-state index is 12.9. The number of hydrogen-bond donors (Lipinski definition) is 1. The molecule has 0 unspecified atom stereocenters. The second-order valence-corrected chi connectivity index (χ2v) is 6.10. The number of anilines is 1. The zero-order valence-corrected chi connectivity index (χ0v) is 11.8. The quantitative estimate of drug-likeness (QED) is 0.854. The summed E-state index contributed by atoms with van der Waals surface area (Å²) in [5.74, 6) is 0.649.